The number of Topliss-reactive ketones (excluding diaryl/α,β-unsaturated/α-hetero) is 1. The first-order chi connectivity index (χ1) is 11.7. The lowest BCUT2D eigenvalue weighted by molar-refractivity contribution is 0.0107. The molecule has 1 aromatic heterocycles. The highest BCUT2D eigenvalue weighted by atomic mass is 35.5. The lowest BCUT2D eigenvalue weighted by Gasteiger charge is -2.38. The molecule has 1 saturated heterocycles. The number of aromatic nitrogens is 1. The fraction of sp³-hybridized carbons (Fsp3) is 0.611. The monoisotopic (exact) mass is 367 g/mol. The van der Waals surface area contributed by atoms with Crippen LogP contribution in [0.25, 0.3) is 0 Å². The van der Waals surface area contributed by atoms with E-state index >= 15 is 0 Å². The zero-order valence-corrected chi connectivity index (χ0v) is 16.0. The van der Waals surface area contributed by atoms with Gasteiger partial charge in [0.25, 0.3) is 0 Å². The number of pyridine rings is 1. The number of rotatable bonds is 4. The summed E-state index contributed by atoms with van der Waals surface area (Å²) in [5.74, 6) is 0.0474. The lowest BCUT2D eigenvalue weighted by atomic mass is 10.0. The van der Waals surface area contributed by atoms with Crippen molar-refractivity contribution >= 4 is 23.5 Å². The highest BCUT2D eigenvalue weighted by molar-refractivity contribution is 6.29. The van der Waals surface area contributed by atoms with Crippen LogP contribution in [0.15, 0.2) is 18.3 Å². The summed E-state index contributed by atoms with van der Waals surface area (Å²) in [7, 11) is 0. The number of ketones is 1. The molecule has 1 amide bonds. The second-order valence-corrected chi connectivity index (χ2v) is 7.74. The summed E-state index contributed by atoms with van der Waals surface area (Å²) in [6.45, 7) is 10.3. The summed E-state index contributed by atoms with van der Waals surface area (Å²) in [6.07, 6.45) is 1.65. The van der Waals surface area contributed by atoms with Crippen LogP contribution >= 0.6 is 11.6 Å². The zero-order valence-electron chi connectivity index (χ0n) is 15.3. The van der Waals surface area contributed by atoms with E-state index in [1.165, 1.54) is 6.20 Å². The molecule has 0 bridgehead atoms. The number of ether oxygens (including phenoxy) is 1. The molecule has 0 saturated carbocycles. The minimum absolute atomic E-state index is 0.0474. The molecular weight excluding hydrogens is 342 g/mol. The van der Waals surface area contributed by atoms with E-state index in [1.807, 2.05) is 27.7 Å². The molecule has 138 valence electrons. The molecule has 0 unspecified atom stereocenters. The lowest BCUT2D eigenvalue weighted by Crippen LogP contribution is -2.52. The topological polar surface area (TPSA) is 62.7 Å². The third kappa shape index (κ3) is 5.97. The van der Waals surface area contributed by atoms with Crippen LogP contribution in [0.3, 0.4) is 0 Å². The second-order valence-electron chi connectivity index (χ2n) is 7.35. The Morgan fingerprint density at radius 2 is 1.88 bits per heavy atom. The molecule has 0 N–H and O–H groups in total. The van der Waals surface area contributed by atoms with E-state index in [9.17, 15) is 9.59 Å². The minimum atomic E-state index is -0.486. The molecule has 25 heavy (non-hydrogen) atoms. The molecule has 0 radical (unpaired) electrons. The predicted octanol–water partition coefficient (Wildman–Crippen LogP) is 3.25. The number of carbonyl (C=O) groups is 2. The van der Waals surface area contributed by atoms with Crippen LogP contribution in [0, 0.1) is 0 Å². The van der Waals surface area contributed by atoms with Crippen LogP contribution in [0.2, 0.25) is 5.15 Å². The number of carbonyl (C=O) groups excluding carboxylic acids is 2. The summed E-state index contributed by atoms with van der Waals surface area (Å²) in [4.78, 5) is 32.3. The average molecular weight is 368 g/mol. The number of halogens is 1. The van der Waals surface area contributed by atoms with Crippen molar-refractivity contribution in [2.75, 3.05) is 26.2 Å². The van der Waals surface area contributed by atoms with Crippen molar-refractivity contribution in [3.8, 4) is 0 Å². The van der Waals surface area contributed by atoms with Gasteiger partial charge < -0.3 is 9.64 Å². The fourth-order valence-corrected chi connectivity index (χ4v) is 2.84. The van der Waals surface area contributed by atoms with Crippen molar-refractivity contribution in [2.24, 2.45) is 0 Å². The highest BCUT2D eigenvalue weighted by Gasteiger charge is 2.28. The summed E-state index contributed by atoms with van der Waals surface area (Å²) in [5, 5.41) is 0.378. The van der Waals surface area contributed by atoms with Gasteiger partial charge in [-0.05, 0) is 39.8 Å². The molecule has 1 aliphatic rings. The van der Waals surface area contributed by atoms with Crippen molar-refractivity contribution < 1.29 is 14.3 Å². The quantitative estimate of drug-likeness (QED) is 0.603. The number of hydrogen-bond donors (Lipinski definition) is 0. The van der Waals surface area contributed by atoms with Crippen molar-refractivity contribution in [2.45, 2.75) is 45.8 Å². The molecule has 7 heteroatoms. The maximum Gasteiger partial charge on any atom is 0.410 e. The van der Waals surface area contributed by atoms with Gasteiger partial charge in [0.05, 0.1) is 0 Å². The summed E-state index contributed by atoms with van der Waals surface area (Å²) in [6, 6.07) is 3.42. The van der Waals surface area contributed by atoms with Gasteiger partial charge >= 0.3 is 6.09 Å². The number of hydrogen-bond acceptors (Lipinski definition) is 5. The van der Waals surface area contributed by atoms with E-state index in [-0.39, 0.29) is 17.9 Å². The third-order valence-electron chi connectivity index (χ3n) is 4.12. The molecule has 1 aromatic rings. The summed E-state index contributed by atoms with van der Waals surface area (Å²) in [5.41, 5.74) is 0.0872. The van der Waals surface area contributed by atoms with Gasteiger partial charge in [0.2, 0.25) is 0 Å². The Morgan fingerprint density at radius 1 is 1.24 bits per heavy atom. The van der Waals surface area contributed by atoms with Crippen LogP contribution in [0.1, 0.15) is 44.5 Å². The first-order valence-electron chi connectivity index (χ1n) is 8.52. The molecular formula is C18H26ClN3O3. The molecule has 0 aromatic carbocycles. The van der Waals surface area contributed by atoms with Crippen LogP contribution < -0.4 is 0 Å². The van der Waals surface area contributed by atoms with Gasteiger partial charge in [-0.15, -0.1) is 0 Å². The molecule has 6 nitrogen and oxygen atoms in total. The molecule has 2 heterocycles. The Hall–Kier alpha value is -1.66. The first-order valence-corrected chi connectivity index (χ1v) is 8.90. The molecule has 0 spiro atoms. The maximum atomic E-state index is 12.3. The van der Waals surface area contributed by atoms with Crippen LogP contribution in [-0.4, -0.2) is 64.5 Å². The Balaban J connectivity index is 1.82. The van der Waals surface area contributed by atoms with Crippen molar-refractivity contribution in [1.29, 1.82) is 0 Å². The maximum absolute atomic E-state index is 12.3. The van der Waals surface area contributed by atoms with Gasteiger partial charge in [-0.3, -0.25) is 9.69 Å². The Labute approximate surface area is 154 Å². The summed E-state index contributed by atoms with van der Waals surface area (Å²) < 4.78 is 5.40. The van der Waals surface area contributed by atoms with E-state index in [0.29, 0.717) is 30.2 Å². The average Bonchev–Trinajstić information content (AvgIpc) is 2.54. The van der Waals surface area contributed by atoms with Crippen molar-refractivity contribution in [3.63, 3.8) is 0 Å². The van der Waals surface area contributed by atoms with Crippen molar-refractivity contribution in [1.82, 2.24) is 14.8 Å². The van der Waals surface area contributed by atoms with Gasteiger partial charge in [0, 0.05) is 50.4 Å². The molecule has 1 fully saturated rings. The second kappa shape index (κ2) is 8.15. The van der Waals surface area contributed by atoms with Gasteiger partial charge in [-0.2, -0.15) is 0 Å². The largest absolute Gasteiger partial charge is 0.444 e. The van der Waals surface area contributed by atoms with E-state index in [1.54, 1.807) is 17.0 Å². The Kier molecular flexibility index (Phi) is 6.41. The van der Waals surface area contributed by atoms with E-state index in [4.69, 9.17) is 16.3 Å². The molecule has 0 aliphatic carbocycles. The number of nitrogens with zero attached hydrogens (tertiary/aromatic N) is 3. The standard InChI is InChI=1S/C18H26ClN3O3/c1-13(11-15(23)14-5-6-16(19)20-12-14)21-7-9-22(10-8-21)17(24)25-18(2,3)4/h5-6,12-13H,7-11H2,1-4H3/t13-/m1/s1. The smallest absolute Gasteiger partial charge is 0.410 e. The van der Waals surface area contributed by atoms with E-state index in [0.717, 1.165) is 13.1 Å². The van der Waals surface area contributed by atoms with Gasteiger partial charge in [-0.1, -0.05) is 11.6 Å². The minimum Gasteiger partial charge on any atom is -0.444 e. The predicted molar refractivity (Wildman–Crippen MR) is 97.0 cm³/mol. The highest BCUT2D eigenvalue weighted by Crippen LogP contribution is 2.16. The Morgan fingerprint density at radius 3 is 2.40 bits per heavy atom. The van der Waals surface area contributed by atoms with Gasteiger partial charge in [-0.25, -0.2) is 9.78 Å². The van der Waals surface area contributed by atoms with Crippen LogP contribution in [-0.2, 0) is 4.74 Å². The molecule has 1 atom stereocenters. The summed E-state index contributed by atoms with van der Waals surface area (Å²) >= 11 is 5.75. The normalized spacial score (nSPS) is 17.2. The van der Waals surface area contributed by atoms with E-state index < -0.39 is 5.60 Å². The first kappa shape index (κ1) is 19.7. The zero-order chi connectivity index (χ0) is 18.6. The van der Waals surface area contributed by atoms with Crippen LogP contribution in [0.4, 0.5) is 4.79 Å². The van der Waals surface area contributed by atoms with Gasteiger partial charge in [0.1, 0.15) is 10.8 Å². The number of amides is 1. The van der Waals surface area contributed by atoms with Crippen LogP contribution in [0.5, 0.6) is 0 Å². The molecule has 1 aliphatic heterocycles. The number of piperazine rings is 1. The Bertz CT molecular complexity index is 605. The SMILES string of the molecule is C[C@H](CC(=O)c1ccc(Cl)nc1)N1CCN(C(=O)OC(C)(C)C)CC1. The van der Waals surface area contributed by atoms with Crippen molar-refractivity contribution in [3.05, 3.63) is 29.0 Å². The van der Waals surface area contributed by atoms with Gasteiger partial charge in [0.15, 0.2) is 5.78 Å². The third-order valence-corrected chi connectivity index (χ3v) is 4.34. The van der Waals surface area contributed by atoms with E-state index in [2.05, 4.69) is 9.88 Å². The fourth-order valence-electron chi connectivity index (χ4n) is 2.73. The molecule has 2 rings (SSSR count).